The lowest BCUT2D eigenvalue weighted by Gasteiger charge is -2.54. The maximum Gasteiger partial charge on any atom is 0.303 e. The highest BCUT2D eigenvalue weighted by Gasteiger charge is 2.61. The lowest BCUT2D eigenvalue weighted by molar-refractivity contribution is -0.230. The Kier molecular flexibility index (Phi) is 25.7. The Bertz CT molecular complexity index is 1770. The third-order valence-electron chi connectivity index (χ3n) is 17.2. The Morgan fingerprint density at radius 2 is 0.875 bits per heavy atom. The maximum atomic E-state index is 11.6. The van der Waals surface area contributed by atoms with E-state index in [0.717, 1.165) is 63.2 Å². The average molecular weight is 1010 g/mol. The van der Waals surface area contributed by atoms with Crippen molar-refractivity contribution in [3.8, 4) is 0 Å². The molecule has 8 nitrogen and oxygen atoms in total. The fourth-order valence-corrected chi connectivity index (χ4v) is 11.5. The van der Waals surface area contributed by atoms with Crippen LogP contribution >= 0.6 is 0 Å². The van der Waals surface area contributed by atoms with E-state index in [9.17, 15) is 19.5 Å². The fraction of sp³-hybridized carbons (Fsp3) is 0.766. The third-order valence-corrected chi connectivity index (χ3v) is 17.2. The smallest absolute Gasteiger partial charge is 0.303 e. The molecule has 0 spiro atoms. The van der Waals surface area contributed by atoms with E-state index in [0.29, 0.717) is 11.7 Å². The third kappa shape index (κ3) is 21.6. The topological polar surface area (TPSA) is 108 Å². The molecule has 0 aromatic heterocycles. The van der Waals surface area contributed by atoms with Crippen LogP contribution in [0.25, 0.3) is 0 Å². The molecule has 0 radical (unpaired) electrons. The molecule has 8 aliphatic rings. The minimum absolute atomic E-state index is 0.0255. The van der Waals surface area contributed by atoms with Gasteiger partial charge in [-0.2, -0.15) is 0 Å². The average Bonchev–Trinajstić information content (AvgIpc) is 3.56. The summed E-state index contributed by atoms with van der Waals surface area (Å²) in [6, 6.07) is 0. The molecular formula is C64H110O8. The van der Waals surface area contributed by atoms with Gasteiger partial charge in [-0.25, -0.2) is 0 Å². The van der Waals surface area contributed by atoms with Crippen molar-refractivity contribution in [2.45, 2.75) is 287 Å². The molecule has 6 bridgehead atoms. The van der Waals surface area contributed by atoms with Gasteiger partial charge in [-0.1, -0.05) is 75.0 Å². The first-order chi connectivity index (χ1) is 32.8. The highest BCUT2D eigenvalue weighted by molar-refractivity contribution is 5.89. The quantitative estimate of drug-likeness (QED) is 0.135. The van der Waals surface area contributed by atoms with Crippen molar-refractivity contribution in [1.29, 1.82) is 0 Å². The van der Waals surface area contributed by atoms with Crippen molar-refractivity contribution in [1.82, 2.24) is 0 Å². The summed E-state index contributed by atoms with van der Waals surface area (Å²) in [5, 5.41) is 9.49. The van der Waals surface area contributed by atoms with Crippen LogP contribution in [0.15, 0.2) is 72.9 Å². The van der Waals surface area contributed by atoms with Crippen molar-refractivity contribution >= 4 is 17.7 Å². The Morgan fingerprint density at radius 1 is 0.556 bits per heavy atom. The van der Waals surface area contributed by atoms with Crippen LogP contribution in [-0.4, -0.2) is 62.0 Å². The molecule has 4 saturated carbocycles. The van der Waals surface area contributed by atoms with E-state index in [2.05, 4.69) is 142 Å². The monoisotopic (exact) mass is 1010 g/mol. The van der Waals surface area contributed by atoms with Gasteiger partial charge in [0.05, 0.1) is 28.0 Å². The molecule has 4 aliphatic heterocycles. The lowest BCUT2D eigenvalue weighted by atomic mass is 9.69. The van der Waals surface area contributed by atoms with E-state index in [1.165, 1.54) is 88.4 Å². The second-order valence-electron chi connectivity index (χ2n) is 26.0. The van der Waals surface area contributed by atoms with Crippen molar-refractivity contribution in [2.75, 3.05) is 0 Å². The number of Topliss-reactive ketones (excluding diaryl/α,β-unsaturated/α-hetero) is 1. The summed E-state index contributed by atoms with van der Waals surface area (Å²) in [4.78, 5) is 33.2. The van der Waals surface area contributed by atoms with Crippen LogP contribution in [0.2, 0.25) is 0 Å². The van der Waals surface area contributed by atoms with E-state index >= 15 is 0 Å². The number of esters is 2. The predicted molar refractivity (Wildman–Crippen MR) is 303 cm³/mol. The molecule has 1 N–H and O–H groups in total. The molecule has 414 valence electrons. The highest BCUT2D eigenvalue weighted by Crippen LogP contribution is 2.63. The summed E-state index contributed by atoms with van der Waals surface area (Å²) in [5.41, 5.74) is 3.15. The van der Waals surface area contributed by atoms with E-state index in [1.807, 2.05) is 13.8 Å². The Labute approximate surface area is 442 Å². The van der Waals surface area contributed by atoms with Gasteiger partial charge < -0.3 is 24.1 Å². The number of ketones is 1. The lowest BCUT2D eigenvalue weighted by Crippen LogP contribution is -2.53. The molecule has 5 atom stereocenters. The standard InChI is InChI=1S/2C12H20O2.2C10H18O.C10H16O.C10H18O/c2*1-6-12(5,14-11(4)13)9-7-8-10(2)3;2*1-9(2)8-4-6-10(3,11-9)7-5-8;1-9(2)7-4-5-10(9,3)8(11)6-7;1-5-10(4,11)8-6-7-9(2)3/h2*6,8H,1,7,9H2,2-5H3;2*8H,4-7H2,1-3H3;7H,4-6H2,1-3H3;5,7,11H,1,6,8H2,2-4H3. The number of hydrogen-bond acceptors (Lipinski definition) is 8. The van der Waals surface area contributed by atoms with Gasteiger partial charge in [-0.15, -0.1) is 6.58 Å². The Balaban J connectivity index is 0.000000433. The molecule has 8 fully saturated rings. The molecule has 8 heteroatoms. The van der Waals surface area contributed by atoms with Crippen LogP contribution in [-0.2, 0) is 33.3 Å². The van der Waals surface area contributed by atoms with E-state index in [-0.39, 0.29) is 45.2 Å². The summed E-state index contributed by atoms with van der Waals surface area (Å²) >= 11 is 0. The van der Waals surface area contributed by atoms with Gasteiger partial charge in [0.25, 0.3) is 0 Å². The number of fused-ring (bicyclic) bond motifs is 8. The number of rotatable bonds is 14. The number of carbonyl (C=O) groups excluding carboxylic acids is 3. The number of aliphatic hydroxyl groups is 1. The van der Waals surface area contributed by atoms with Gasteiger partial charge in [-0.05, 0) is 242 Å². The second kappa shape index (κ2) is 27.6. The molecule has 0 amide bonds. The van der Waals surface area contributed by atoms with Gasteiger partial charge in [0.1, 0.15) is 17.0 Å². The zero-order valence-corrected chi connectivity index (χ0v) is 50.1. The van der Waals surface area contributed by atoms with E-state index in [1.54, 1.807) is 25.2 Å². The zero-order chi connectivity index (χ0) is 55.8. The number of ether oxygens (including phenoxy) is 4. The predicted octanol–water partition coefficient (Wildman–Crippen LogP) is 17.0. The number of carbonyl (C=O) groups is 3. The minimum atomic E-state index is -0.702. The van der Waals surface area contributed by atoms with Crippen LogP contribution in [0.3, 0.4) is 0 Å². The van der Waals surface area contributed by atoms with Crippen LogP contribution < -0.4 is 0 Å². The summed E-state index contributed by atoms with van der Waals surface area (Å²) in [6.07, 6.45) is 30.3. The van der Waals surface area contributed by atoms with Crippen molar-refractivity contribution in [2.24, 2.45) is 28.6 Å². The first-order valence-electron chi connectivity index (χ1n) is 27.6. The summed E-state index contributed by atoms with van der Waals surface area (Å²) in [5.74, 6) is 2.32. The zero-order valence-electron chi connectivity index (χ0n) is 50.1. The van der Waals surface area contributed by atoms with Crippen molar-refractivity contribution in [3.05, 3.63) is 72.9 Å². The van der Waals surface area contributed by atoms with Gasteiger partial charge in [-0.3, -0.25) is 14.4 Å². The van der Waals surface area contributed by atoms with Gasteiger partial charge in [0, 0.05) is 25.7 Å². The summed E-state index contributed by atoms with van der Waals surface area (Å²) < 4.78 is 22.5. The normalized spacial score (nSPS) is 29.5. The van der Waals surface area contributed by atoms with Crippen molar-refractivity contribution < 1.29 is 38.4 Å². The first kappa shape index (κ1) is 66.9. The molecule has 5 unspecified atom stereocenters. The van der Waals surface area contributed by atoms with E-state index < -0.39 is 16.8 Å². The minimum Gasteiger partial charge on any atom is -0.455 e. The Morgan fingerprint density at radius 3 is 1.06 bits per heavy atom. The maximum absolute atomic E-state index is 11.6. The molecular weight excluding hydrogens is 897 g/mol. The second-order valence-corrected chi connectivity index (χ2v) is 26.0. The van der Waals surface area contributed by atoms with Crippen LogP contribution in [0.4, 0.5) is 0 Å². The number of allylic oxidation sites excluding steroid dienone is 6. The largest absolute Gasteiger partial charge is 0.455 e. The highest BCUT2D eigenvalue weighted by atomic mass is 16.6. The summed E-state index contributed by atoms with van der Waals surface area (Å²) in [7, 11) is 0. The van der Waals surface area contributed by atoms with Gasteiger partial charge in [0.15, 0.2) is 0 Å². The molecule has 4 heterocycles. The molecule has 72 heavy (non-hydrogen) atoms. The molecule has 4 aliphatic carbocycles. The molecule has 0 aromatic rings. The SMILES string of the molecule is C=CC(C)(CCC=C(C)C)OC(C)=O.C=CC(C)(CCC=C(C)C)OC(C)=O.C=CC(C)(O)CCC=C(C)C.CC12CCC(CC1)C(C)(C)O2.CC12CCC(CC1)C(C)(C)O2.CC12CCC(CC1=O)C2(C)C. The van der Waals surface area contributed by atoms with Crippen molar-refractivity contribution in [3.63, 3.8) is 0 Å². The summed E-state index contributed by atoms with van der Waals surface area (Å²) in [6.45, 7) is 51.8. The van der Waals surface area contributed by atoms with Gasteiger partial charge in [0.2, 0.25) is 0 Å². The number of hydrogen-bond donors (Lipinski definition) is 1. The molecule has 0 aromatic carbocycles. The van der Waals surface area contributed by atoms with Gasteiger partial charge >= 0.3 is 11.9 Å². The Hall–Kier alpha value is -3.07. The molecule has 8 rings (SSSR count). The van der Waals surface area contributed by atoms with Crippen LogP contribution in [0.1, 0.15) is 248 Å². The molecule has 4 saturated heterocycles. The first-order valence-corrected chi connectivity index (χ1v) is 27.6. The van der Waals surface area contributed by atoms with Crippen LogP contribution in [0.5, 0.6) is 0 Å². The van der Waals surface area contributed by atoms with E-state index in [4.69, 9.17) is 18.9 Å². The fourth-order valence-electron chi connectivity index (χ4n) is 11.5. The van der Waals surface area contributed by atoms with Crippen LogP contribution in [0, 0.1) is 28.6 Å².